The van der Waals surface area contributed by atoms with Gasteiger partial charge >= 0.3 is 5.97 Å². The Labute approximate surface area is 150 Å². The van der Waals surface area contributed by atoms with Crippen molar-refractivity contribution in [1.82, 2.24) is 14.9 Å². The lowest BCUT2D eigenvalue weighted by atomic mass is 9.98. The van der Waals surface area contributed by atoms with Gasteiger partial charge in [-0.05, 0) is 50.7 Å². The van der Waals surface area contributed by atoms with E-state index in [1.165, 1.54) is 11.7 Å². The van der Waals surface area contributed by atoms with Crippen LogP contribution in [0.25, 0.3) is 10.9 Å². The van der Waals surface area contributed by atoms with E-state index >= 15 is 0 Å². The summed E-state index contributed by atoms with van der Waals surface area (Å²) in [5.41, 5.74) is -0.542. The number of benzene rings is 1. The van der Waals surface area contributed by atoms with Crippen molar-refractivity contribution >= 4 is 35.0 Å². The molecule has 0 saturated heterocycles. The predicted molar refractivity (Wildman–Crippen MR) is 97.2 cm³/mol. The second kappa shape index (κ2) is 7.18. The van der Waals surface area contributed by atoms with Crippen molar-refractivity contribution in [1.29, 1.82) is 0 Å². The third-order valence-electron chi connectivity index (χ3n) is 4.29. The molecule has 7 nitrogen and oxygen atoms in total. The summed E-state index contributed by atoms with van der Waals surface area (Å²) in [4.78, 5) is 39.8. The largest absolute Gasteiger partial charge is 0.467 e. The Hall–Kier alpha value is -2.48. The molecule has 2 N–H and O–H groups in total. The highest BCUT2D eigenvalue weighted by molar-refractivity contribution is 7.71. The summed E-state index contributed by atoms with van der Waals surface area (Å²) in [7, 11) is 1.28. The summed E-state index contributed by atoms with van der Waals surface area (Å²) in [6.45, 7) is 5.67. The van der Waals surface area contributed by atoms with Crippen molar-refractivity contribution in [2.24, 2.45) is 0 Å². The number of aromatic nitrogens is 2. The molecule has 0 bridgehead atoms. The highest BCUT2D eigenvalue weighted by Gasteiger charge is 2.34. The van der Waals surface area contributed by atoms with Crippen molar-refractivity contribution in [3.63, 3.8) is 0 Å². The zero-order chi connectivity index (χ0) is 18.8. The molecule has 1 atom stereocenters. The molecule has 0 aliphatic heterocycles. The second-order valence-corrected chi connectivity index (χ2v) is 6.26. The van der Waals surface area contributed by atoms with Crippen molar-refractivity contribution in [3.8, 4) is 0 Å². The summed E-state index contributed by atoms with van der Waals surface area (Å²) in [6.07, 6.45) is 0.378. The van der Waals surface area contributed by atoms with Crippen LogP contribution in [0.5, 0.6) is 0 Å². The van der Waals surface area contributed by atoms with Gasteiger partial charge in [-0.15, -0.1) is 0 Å². The van der Waals surface area contributed by atoms with Gasteiger partial charge in [-0.2, -0.15) is 0 Å². The summed E-state index contributed by atoms with van der Waals surface area (Å²) < 4.78 is 6.50. The highest BCUT2D eigenvalue weighted by atomic mass is 32.1. The van der Waals surface area contributed by atoms with Crippen molar-refractivity contribution in [3.05, 3.63) is 38.9 Å². The molecule has 8 heteroatoms. The maximum absolute atomic E-state index is 12.5. The van der Waals surface area contributed by atoms with Crippen LogP contribution < -0.4 is 10.9 Å². The monoisotopic (exact) mass is 363 g/mol. The lowest BCUT2D eigenvalue weighted by Crippen LogP contribution is -2.52. The van der Waals surface area contributed by atoms with Gasteiger partial charge in [0, 0.05) is 12.1 Å². The van der Waals surface area contributed by atoms with E-state index in [4.69, 9.17) is 17.0 Å². The Morgan fingerprint density at radius 1 is 1.36 bits per heavy atom. The lowest BCUT2D eigenvalue weighted by molar-refractivity contribution is -0.147. The van der Waals surface area contributed by atoms with Gasteiger partial charge in [-0.25, -0.2) is 4.79 Å². The van der Waals surface area contributed by atoms with Crippen LogP contribution in [0.4, 0.5) is 0 Å². The maximum Gasteiger partial charge on any atom is 0.331 e. The molecule has 25 heavy (non-hydrogen) atoms. The number of aromatic amines is 1. The molecule has 134 valence electrons. The molecule has 2 rings (SSSR count). The van der Waals surface area contributed by atoms with Crippen LogP contribution in [-0.4, -0.2) is 34.1 Å². The Balaban J connectivity index is 2.45. The highest BCUT2D eigenvalue weighted by Crippen LogP contribution is 2.15. The fraction of sp³-hybridized carbons (Fsp3) is 0.412. The second-order valence-electron chi connectivity index (χ2n) is 5.87. The molecule has 0 aliphatic rings. The number of hydrogen-bond acceptors (Lipinski definition) is 5. The zero-order valence-electron chi connectivity index (χ0n) is 14.6. The summed E-state index contributed by atoms with van der Waals surface area (Å²) in [5.74, 6) is -0.954. The predicted octanol–water partition coefficient (Wildman–Crippen LogP) is 2.15. The van der Waals surface area contributed by atoms with E-state index in [1.807, 2.05) is 6.92 Å². The molecule has 0 radical (unpaired) electrons. The molecule has 1 amide bonds. The van der Waals surface area contributed by atoms with Gasteiger partial charge in [0.25, 0.3) is 11.5 Å². The number of carbonyl (C=O) groups is 2. The average molecular weight is 363 g/mol. The number of ether oxygens (including phenoxy) is 1. The maximum atomic E-state index is 12.5. The Bertz CT molecular complexity index is 947. The van der Waals surface area contributed by atoms with Crippen LogP contribution >= 0.6 is 12.2 Å². The first kappa shape index (κ1) is 18.9. The van der Waals surface area contributed by atoms with E-state index in [2.05, 4.69) is 10.3 Å². The first-order valence-electron chi connectivity index (χ1n) is 7.95. The van der Waals surface area contributed by atoms with E-state index in [1.54, 1.807) is 32.0 Å². The average Bonchev–Trinajstić information content (AvgIpc) is 2.60. The molecule has 2 aromatic rings. The van der Waals surface area contributed by atoms with E-state index in [0.717, 1.165) is 0 Å². The zero-order valence-corrected chi connectivity index (χ0v) is 15.5. The molecule has 1 unspecified atom stereocenters. The minimum Gasteiger partial charge on any atom is -0.467 e. The molecule has 0 saturated carbocycles. The minimum atomic E-state index is -1.13. The normalized spacial score (nSPS) is 13.3. The molecule has 1 heterocycles. The third kappa shape index (κ3) is 3.48. The van der Waals surface area contributed by atoms with Crippen molar-refractivity contribution in [2.75, 3.05) is 7.11 Å². The molecule has 0 aliphatic carbocycles. The van der Waals surface area contributed by atoms with Crippen LogP contribution in [0.1, 0.15) is 37.6 Å². The number of nitrogens with one attached hydrogen (secondary N) is 2. The number of H-pyrrole nitrogens is 1. The summed E-state index contributed by atoms with van der Waals surface area (Å²) in [6, 6.07) is 4.67. The first-order chi connectivity index (χ1) is 11.8. The fourth-order valence-corrected chi connectivity index (χ4v) is 2.84. The van der Waals surface area contributed by atoms with Gasteiger partial charge in [0.1, 0.15) is 5.54 Å². The quantitative estimate of drug-likeness (QED) is 0.627. The minimum absolute atomic E-state index is 0.207. The van der Waals surface area contributed by atoms with Gasteiger partial charge < -0.3 is 15.0 Å². The lowest BCUT2D eigenvalue weighted by Gasteiger charge is -2.26. The summed E-state index contributed by atoms with van der Waals surface area (Å²) in [5, 5.41) is 3.13. The molecular formula is C17H21N3O4S. The van der Waals surface area contributed by atoms with Crippen LogP contribution in [0.15, 0.2) is 23.0 Å². The van der Waals surface area contributed by atoms with Gasteiger partial charge in [-0.3, -0.25) is 14.2 Å². The third-order valence-corrected chi connectivity index (χ3v) is 4.62. The molecule has 0 spiro atoms. The number of nitrogens with zero attached hydrogens (tertiary/aromatic N) is 1. The Morgan fingerprint density at radius 3 is 2.60 bits per heavy atom. The SMILES string of the molecule is CCn1c(=S)[nH]c2cc(C(=O)NC(C)(CC)C(=O)OC)ccc2c1=O. The van der Waals surface area contributed by atoms with E-state index in [0.29, 0.717) is 34.2 Å². The number of carbonyl (C=O) groups excluding carboxylic acids is 2. The smallest absolute Gasteiger partial charge is 0.331 e. The first-order valence-corrected chi connectivity index (χ1v) is 8.36. The standard InChI is InChI=1S/C17H21N3O4S/c1-5-17(3,15(23)24-4)19-13(21)10-7-8-11-12(9-10)18-16(25)20(6-2)14(11)22/h7-9H,5-6H2,1-4H3,(H,18,25)(H,19,21). The van der Waals surface area contributed by atoms with Gasteiger partial charge in [0.15, 0.2) is 4.77 Å². The Morgan fingerprint density at radius 2 is 2.04 bits per heavy atom. The number of esters is 1. The number of amides is 1. The molecule has 0 fully saturated rings. The Kier molecular flexibility index (Phi) is 5.42. The van der Waals surface area contributed by atoms with E-state index in [-0.39, 0.29) is 5.56 Å². The topological polar surface area (TPSA) is 93.2 Å². The van der Waals surface area contributed by atoms with Crippen molar-refractivity contribution < 1.29 is 14.3 Å². The number of rotatable bonds is 5. The van der Waals surface area contributed by atoms with Crippen LogP contribution in [0.3, 0.4) is 0 Å². The number of methoxy groups -OCH3 is 1. The van der Waals surface area contributed by atoms with Crippen LogP contribution in [0, 0.1) is 4.77 Å². The van der Waals surface area contributed by atoms with Gasteiger partial charge in [0.2, 0.25) is 0 Å². The number of hydrogen-bond donors (Lipinski definition) is 2. The van der Waals surface area contributed by atoms with Crippen LogP contribution in [-0.2, 0) is 16.1 Å². The van der Waals surface area contributed by atoms with Gasteiger partial charge in [0.05, 0.1) is 18.0 Å². The van der Waals surface area contributed by atoms with E-state index < -0.39 is 17.4 Å². The summed E-state index contributed by atoms with van der Waals surface area (Å²) >= 11 is 5.18. The van der Waals surface area contributed by atoms with Gasteiger partial charge in [-0.1, -0.05) is 6.92 Å². The number of fused-ring (bicyclic) bond motifs is 1. The van der Waals surface area contributed by atoms with Crippen molar-refractivity contribution in [2.45, 2.75) is 39.3 Å². The molecule has 1 aromatic carbocycles. The van der Waals surface area contributed by atoms with E-state index in [9.17, 15) is 14.4 Å². The fourth-order valence-electron chi connectivity index (χ4n) is 2.51. The van der Waals surface area contributed by atoms with Crippen LogP contribution in [0.2, 0.25) is 0 Å². The molecular weight excluding hydrogens is 342 g/mol. The molecule has 1 aromatic heterocycles.